The highest BCUT2D eigenvalue weighted by Crippen LogP contribution is 2.14. The molecule has 0 aliphatic carbocycles. The highest BCUT2D eigenvalue weighted by molar-refractivity contribution is 5.77. The molecule has 9 heteroatoms. The molecular formula is C11H9N5O4. The maximum Gasteiger partial charge on any atom is 0.326 e. The molecule has 3 N–H and O–H groups in total. The molecule has 0 spiro atoms. The largest absolute Gasteiger partial charge is 0.326 e. The third-order valence-corrected chi connectivity index (χ3v) is 2.26. The number of nitrogens with one attached hydrogen (secondary N) is 3. The third kappa shape index (κ3) is 3.38. The van der Waals surface area contributed by atoms with Crippen LogP contribution in [0, 0.1) is 10.1 Å². The van der Waals surface area contributed by atoms with Gasteiger partial charge in [-0.25, -0.2) is 4.79 Å². The summed E-state index contributed by atoms with van der Waals surface area (Å²) >= 11 is 0. The van der Waals surface area contributed by atoms with Gasteiger partial charge in [0.1, 0.15) is 0 Å². The van der Waals surface area contributed by atoms with Gasteiger partial charge in [-0.3, -0.25) is 25.3 Å². The Balaban J connectivity index is 2.07. The monoisotopic (exact) mass is 275 g/mol. The molecule has 0 saturated carbocycles. The fraction of sp³-hybridized carbons (Fsp3) is 0. The van der Waals surface area contributed by atoms with Gasteiger partial charge in [0.2, 0.25) is 0 Å². The summed E-state index contributed by atoms with van der Waals surface area (Å²) in [5.41, 5.74) is 2.17. The Morgan fingerprint density at radius 1 is 1.20 bits per heavy atom. The Labute approximate surface area is 111 Å². The minimum atomic E-state index is -0.630. The van der Waals surface area contributed by atoms with Crippen molar-refractivity contribution in [1.82, 2.24) is 9.97 Å². The summed E-state index contributed by atoms with van der Waals surface area (Å²) in [6.45, 7) is 0. The van der Waals surface area contributed by atoms with E-state index >= 15 is 0 Å². The van der Waals surface area contributed by atoms with Crippen LogP contribution < -0.4 is 16.7 Å². The first-order valence-electron chi connectivity index (χ1n) is 5.42. The Morgan fingerprint density at radius 2 is 1.90 bits per heavy atom. The number of benzene rings is 1. The molecule has 102 valence electrons. The van der Waals surface area contributed by atoms with Crippen LogP contribution in [0.5, 0.6) is 0 Å². The molecule has 0 unspecified atom stereocenters. The number of anilines is 1. The van der Waals surface area contributed by atoms with Crippen LogP contribution in [-0.4, -0.2) is 21.1 Å². The molecule has 9 nitrogen and oxygen atoms in total. The van der Waals surface area contributed by atoms with Gasteiger partial charge in [0, 0.05) is 18.2 Å². The summed E-state index contributed by atoms with van der Waals surface area (Å²) in [5.74, 6) is 0. The predicted molar refractivity (Wildman–Crippen MR) is 72.0 cm³/mol. The van der Waals surface area contributed by atoms with E-state index in [1.165, 1.54) is 36.5 Å². The van der Waals surface area contributed by atoms with Crippen molar-refractivity contribution in [2.24, 2.45) is 5.10 Å². The van der Waals surface area contributed by atoms with Crippen LogP contribution in [0.25, 0.3) is 0 Å². The second-order valence-electron chi connectivity index (χ2n) is 3.72. The number of aromatic amines is 2. The summed E-state index contributed by atoms with van der Waals surface area (Å²) in [4.78, 5) is 36.4. The van der Waals surface area contributed by atoms with E-state index in [1.807, 2.05) is 4.98 Å². The standard InChI is InChI=1S/C11H9N5O4/c17-10-5-8(13-11(18)14-10)6-12-15-7-1-3-9(4-2-7)16(19)20/h1-6,15H,(H2,13,14,17,18). The topological polar surface area (TPSA) is 133 Å². The minimum Gasteiger partial charge on any atom is -0.306 e. The number of aromatic nitrogens is 2. The molecule has 0 aliphatic heterocycles. The van der Waals surface area contributed by atoms with Crippen molar-refractivity contribution >= 4 is 17.6 Å². The number of rotatable bonds is 4. The van der Waals surface area contributed by atoms with E-state index in [9.17, 15) is 19.7 Å². The van der Waals surface area contributed by atoms with Crippen molar-refractivity contribution in [2.45, 2.75) is 0 Å². The maximum absolute atomic E-state index is 11.0. The van der Waals surface area contributed by atoms with Gasteiger partial charge in [0.25, 0.3) is 11.2 Å². The van der Waals surface area contributed by atoms with Crippen LogP contribution in [-0.2, 0) is 0 Å². The van der Waals surface area contributed by atoms with Gasteiger partial charge in [-0.1, -0.05) is 0 Å². The first-order valence-corrected chi connectivity index (χ1v) is 5.42. The molecule has 2 aromatic rings. The van der Waals surface area contributed by atoms with Crippen LogP contribution in [0.15, 0.2) is 45.0 Å². The van der Waals surface area contributed by atoms with Gasteiger partial charge in [0.05, 0.1) is 22.5 Å². The van der Waals surface area contributed by atoms with E-state index in [2.05, 4.69) is 15.5 Å². The molecule has 0 radical (unpaired) electrons. The van der Waals surface area contributed by atoms with Crippen LogP contribution in [0.4, 0.5) is 11.4 Å². The Hall–Kier alpha value is -3.23. The van der Waals surface area contributed by atoms with Crippen LogP contribution in [0.3, 0.4) is 0 Å². The maximum atomic E-state index is 11.0. The van der Waals surface area contributed by atoms with E-state index in [0.29, 0.717) is 5.69 Å². The molecule has 1 aromatic heterocycles. The molecule has 0 aliphatic rings. The SMILES string of the molecule is O=c1cc(C=NNc2ccc([N+](=O)[O-])cc2)[nH]c(=O)[nH]1. The molecule has 1 heterocycles. The number of non-ortho nitro benzene ring substituents is 1. The van der Waals surface area contributed by atoms with Crippen molar-refractivity contribution < 1.29 is 4.92 Å². The summed E-state index contributed by atoms with van der Waals surface area (Å²) < 4.78 is 0. The zero-order chi connectivity index (χ0) is 14.5. The zero-order valence-corrected chi connectivity index (χ0v) is 9.99. The van der Waals surface area contributed by atoms with E-state index in [-0.39, 0.29) is 11.4 Å². The Kier molecular flexibility index (Phi) is 3.70. The molecular weight excluding hydrogens is 266 g/mol. The lowest BCUT2D eigenvalue weighted by atomic mass is 10.3. The van der Waals surface area contributed by atoms with Gasteiger partial charge in [-0.15, -0.1) is 0 Å². The molecule has 1 aromatic carbocycles. The number of hydrazone groups is 1. The van der Waals surface area contributed by atoms with Crippen LogP contribution >= 0.6 is 0 Å². The molecule has 2 rings (SSSR count). The van der Waals surface area contributed by atoms with Crippen molar-refractivity contribution in [3.63, 3.8) is 0 Å². The number of hydrogen-bond donors (Lipinski definition) is 3. The molecule has 0 bridgehead atoms. The lowest BCUT2D eigenvalue weighted by Gasteiger charge is -1.99. The second-order valence-corrected chi connectivity index (χ2v) is 3.72. The fourth-order valence-corrected chi connectivity index (χ4v) is 1.39. The highest BCUT2D eigenvalue weighted by atomic mass is 16.6. The number of nitro groups is 1. The van der Waals surface area contributed by atoms with E-state index < -0.39 is 16.2 Å². The summed E-state index contributed by atoms with van der Waals surface area (Å²) in [6, 6.07) is 6.79. The lowest BCUT2D eigenvalue weighted by molar-refractivity contribution is -0.384. The molecule has 0 saturated heterocycles. The highest BCUT2D eigenvalue weighted by Gasteiger charge is 2.02. The summed E-state index contributed by atoms with van der Waals surface area (Å²) in [6.07, 6.45) is 1.25. The zero-order valence-electron chi connectivity index (χ0n) is 9.99. The van der Waals surface area contributed by atoms with E-state index in [0.717, 1.165) is 0 Å². The van der Waals surface area contributed by atoms with Gasteiger partial charge in [0.15, 0.2) is 0 Å². The van der Waals surface area contributed by atoms with Crippen molar-refractivity contribution in [2.75, 3.05) is 5.43 Å². The van der Waals surface area contributed by atoms with E-state index in [4.69, 9.17) is 0 Å². The van der Waals surface area contributed by atoms with Gasteiger partial charge >= 0.3 is 5.69 Å². The Morgan fingerprint density at radius 3 is 2.50 bits per heavy atom. The average Bonchev–Trinajstić information content (AvgIpc) is 2.38. The summed E-state index contributed by atoms with van der Waals surface area (Å²) in [7, 11) is 0. The quantitative estimate of drug-likeness (QED) is 0.422. The fourth-order valence-electron chi connectivity index (χ4n) is 1.39. The Bertz CT molecular complexity index is 731. The van der Waals surface area contributed by atoms with Crippen molar-refractivity contribution in [3.05, 3.63) is 67.0 Å². The molecule has 20 heavy (non-hydrogen) atoms. The normalized spacial score (nSPS) is 10.6. The number of hydrogen-bond acceptors (Lipinski definition) is 6. The minimum absolute atomic E-state index is 0.0292. The number of H-pyrrole nitrogens is 2. The lowest BCUT2D eigenvalue weighted by Crippen LogP contribution is -2.22. The molecule has 0 fully saturated rings. The van der Waals surface area contributed by atoms with E-state index in [1.54, 1.807) is 0 Å². The van der Waals surface area contributed by atoms with Crippen LogP contribution in [0.1, 0.15) is 5.69 Å². The molecule has 0 amide bonds. The second kappa shape index (κ2) is 5.61. The predicted octanol–water partition coefficient (Wildman–Crippen LogP) is 0.417. The number of nitrogens with zero attached hydrogens (tertiary/aromatic N) is 2. The van der Waals surface area contributed by atoms with Gasteiger partial charge in [-0.05, 0) is 12.1 Å². The van der Waals surface area contributed by atoms with Gasteiger partial charge in [-0.2, -0.15) is 5.10 Å². The molecule has 0 atom stereocenters. The number of nitro benzene ring substituents is 1. The van der Waals surface area contributed by atoms with Crippen molar-refractivity contribution in [3.8, 4) is 0 Å². The smallest absolute Gasteiger partial charge is 0.306 e. The average molecular weight is 275 g/mol. The van der Waals surface area contributed by atoms with Gasteiger partial charge < -0.3 is 4.98 Å². The first-order chi connectivity index (χ1) is 9.54. The van der Waals surface area contributed by atoms with Crippen molar-refractivity contribution in [1.29, 1.82) is 0 Å². The third-order valence-electron chi connectivity index (χ3n) is 2.26. The van der Waals surface area contributed by atoms with Crippen LogP contribution in [0.2, 0.25) is 0 Å². The first kappa shape index (κ1) is 13.2. The summed E-state index contributed by atoms with van der Waals surface area (Å²) in [5, 5.41) is 14.3.